The van der Waals surface area contributed by atoms with Gasteiger partial charge in [0.1, 0.15) is 0 Å². The van der Waals surface area contributed by atoms with Crippen molar-refractivity contribution in [1.82, 2.24) is 0 Å². The van der Waals surface area contributed by atoms with E-state index < -0.39 is 5.41 Å². The number of fused-ring (bicyclic) bond motifs is 19. The maximum atomic E-state index is 2.74. The Morgan fingerprint density at radius 2 is 1.16 bits per heavy atom. The minimum absolute atomic E-state index is 0.0350. The van der Waals surface area contributed by atoms with Crippen molar-refractivity contribution < 1.29 is 0 Å². The second-order valence-electron chi connectivity index (χ2n) is 18.3. The zero-order valence-electron chi connectivity index (χ0n) is 34.2. The van der Waals surface area contributed by atoms with Crippen LogP contribution in [-0.2, 0) is 10.8 Å². The molecule has 0 saturated carbocycles. The predicted octanol–water partition coefficient (Wildman–Crippen LogP) is 13.9. The smallest absolute Gasteiger partial charge is 0.333 e. The molecule has 9 aromatic carbocycles. The van der Waals surface area contributed by atoms with Gasteiger partial charge in [-0.1, -0.05) is 166 Å². The largest absolute Gasteiger partial charge is 0.376 e. The van der Waals surface area contributed by atoms with Crippen LogP contribution < -0.4 is 20.6 Å². The third-order valence-electron chi connectivity index (χ3n) is 14.4. The molecule has 0 radical (unpaired) electrons. The van der Waals surface area contributed by atoms with Gasteiger partial charge in [-0.05, 0) is 108 Å². The molecule has 1 spiro atoms. The van der Waals surface area contributed by atoms with E-state index in [0.29, 0.717) is 0 Å². The Morgan fingerprint density at radius 1 is 0.508 bits per heavy atom. The highest BCUT2D eigenvalue weighted by Gasteiger charge is 2.56. The van der Waals surface area contributed by atoms with Crippen LogP contribution in [0.5, 0.6) is 0 Å². The molecule has 3 aliphatic heterocycles. The van der Waals surface area contributed by atoms with Crippen molar-refractivity contribution in [2.45, 2.75) is 31.6 Å². The van der Waals surface area contributed by atoms with Crippen molar-refractivity contribution in [3.05, 3.63) is 210 Å². The van der Waals surface area contributed by atoms with Crippen LogP contribution in [0.25, 0.3) is 53.2 Å². The summed E-state index contributed by atoms with van der Waals surface area (Å²) in [5, 5.41) is 5.22. The Kier molecular flexibility index (Phi) is 6.50. The van der Waals surface area contributed by atoms with E-state index in [-0.39, 0.29) is 12.3 Å². The lowest BCUT2D eigenvalue weighted by Crippen LogP contribution is -2.62. The molecule has 0 fully saturated rings. The zero-order valence-corrected chi connectivity index (χ0v) is 35.0. The summed E-state index contributed by atoms with van der Waals surface area (Å²) in [5.74, 6) is 0. The van der Waals surface area contributed by atoms with Gasteiger partial charge in [-0.25, -0.2) is 0 Å². The quantitative estimate of drug-likeness (QED) is 0.153. The molecule has 0 saturated heterocycles. The van der Waals surface area contributed by atoms with Crippen LogP contribution in [0.1, 0.15) is 48.6 Å². The third kappa shape index (κ3) is 4.14. The molecular weight excluding hydrogens is 756 g/mol. The fourth-order valence-corrected chi connectivity index (χ4v) is 13.1. The Labute approximate surface area is 360 Å². The van der Waals surface area contributed by atoms with Crippen LogP contribution in [0.15, 0.2) is 182 Å². The summed E-state index contributed by atoms with van der Waals surface area (Å²) in [6.07, 6.45) is 0. The Hall–Kier alpha value is -6.88. The summed E-state index contributed by atoms with van der Waals surface area (Å²) >= 11 is 1.91. The lowest BCUT2D eigenvalue weighted by molar-refractivity contribution is 0.590. The first kappa shape index (κ1) is 33.9. The number of rotatable bonds is 1. The first-order valence-corrected chi connectivity index (χ1v) is 22.4. The Bertz CT molecular complexity index is 3510. The van der Waals surface area contributed by atoms with Gasteiger partial charge in [0.15, 0.2) is 0 Å². The molecule has 61 heavy (non-hydrogen) atoms. The molecule has 286 valence electrons. The van der Waals surface area contributed by atoms with E-state index in [2.05, 4.69) is 212 Å². The van der Waals surface area contributed by atoms with Crippen molar-refractivity contribution in [1.29, 1.82) is 0 Å². The zero-order chi connectivity index (χ0) is 40.4. The molecule has 0 amide bonds. The van der Waals surface area contributed by atoms with E-state index >= 15 is 0 Å². The summed E-state index contributed by atoms with van der Waals surface area (Å²) < 4.78 is 2.64. The van der Waals surface area contributed by atoms with Crippen LogP contribution in [0.2, 0.25) is 0 Å². The summed E-state index contributed by atoms with van der Waals surface area (Å²) in [6.45, 7) is 6.83. The first-order chi connectivity index (χ1) is 29.9. The molecule has 2 nitrogen and oxygen atoms in total. The Balaban J connectivity index is 1.18. The van der Waals surface area contributed by atoms with Crippen molar-refractivity contribution in [2.75, 3.05) is 9.71 Å². The highest BCUT2D eigenvalue weighted by molar-refractivity contribution is 7.26. The van der Waals surface area contributed by atoms with Gasteiger partial charge in [0.25, 0.3) is 0 Å². The number of anilines is 5. The number of para-hydroxylation sites is 2. The van der Waals surface area contributed by atoms with E-state index in [0.717, 1.165) is 0 Å². The molecule has 0 unspecified atom stereocenters. The maximum absolute atomic E-state index is 2.74. The third-order valence-corrected chi connectivity index (χ3v) is 15.5. The molecule has 1 aliphatic carbocycles. The molecule has 1 aromatic heterocycles. The van der Waals surface area contributed by atoms with E-state index in [4.69, 9.17) is 0 Å². The molecule has 4 heterocycles. The Morgan fingerprint density at radius 3 is 1.93 bits per heavy atom. The molecule has 10 aromatic rings. The highest BCUT2D eigenvalue weighted by Crippen LogP contribution is 2.64. The number of thiophene rings is 1. The molecule has 4 heteroatoms. The standard InChI is InChI=1S/C57H39BN2S/c1-56(2,3)35-27-29-36(30-28-35)60-54-41(31-32-50-52(54)40-19-8-13-26-49(40)61-50)51-37-16-5-4-15-34(37)33-48-53(51)58(60)46-24-14-23-45-55(46)59(48)47-25-12-11-22-44(47)57(45)42-20-9-6-17-38(42)39-18-7-10-21-43(39)57/h4-33H,1-3H3. The van der Waals surface area contributed by atoms with Gasteiger partial charge in [-0.15, -0.1) is 11.3 Å². The number of hydrogen-bond donors (Lipinski definition) is 0. The van der Waals surface area contributed by atoms with Crippen LogP contribution in [0.4, 0.5) is 28.4 Å². The number of nitrogens with zero attached hydrogens (tertiary/aromatic N) is 2. The SMILES string of the molecule is CC(C)(C)c1ccc(N2B3c4cccc5c4N(c4ccccc4C54c5ccccc5-c5ccccc54)c4cc5ccccc5c(c43)-c3ccc4sc5ccccc5c4c32)cc1. The summed E-state index contributed by atoms with van der Waals surface area (Å²) in [4.78, 5) is 5.39. The second-order valence-corrected chi connectivity index (χ2v) is 19.4. The summed E-state index contributed by atoms with van der Waals surface area (Å²) in [6, 6.07) is 69.8. The lowest BCUT2D eigenvalue weighted by atomic mass is 9.42. The average molecular weight is 795 g/mol. The van der Waals surface area contributed by atoms with Gasteiger partial charge in [0.05, 0.1) is 11.1 Å². The van der Waals surface area contributed by atoms with Crippen molar-refractivity contribution in [3.8, 4) is 22.3 Å². The molecule has 0 atom stereocenters. The number of benzene rings is 9. The maximum Gasteiger partial charge on any atom is 0.333 e. The fraction of sp³-hybridized carbons (Fsp3) is 0.0877. The number of hydrogen-bond acceptors (Lipinski definition) is 3. The van der Waals surface area contributed by atoms with Crippen LogP contribution in [0.3, 0.4) is 0 Å². The normalized spacial score (nSPS) is 14.8. The summed E-state index contributed by atoms with van der Waals surface area (Å²) in [7, 11) is 0. The van der Waals surface area contributed by atoms with E-state index in [1.807, 2.05) is 11.3 Å². The van der Waals surface area contributed by atoms with Gasteiger partial charge in [0, 0.05) is 48.5 Å². The topological polar surface area (TPSA) is 6.48 Å². The van der Waals surface area contributed by atoms with Gasteiger partial charge < -0.3 is 9.71 Å². The van der Waals surface area contributed by atoms with Crippen LogP contribution >= 0.6 is 11.3 Å². The van der Waals surface area contributed by atoms with Crippen molar-refractivity contribution in [2.24, 2.45) is 0 Å². The van der Waals surface area contributed by atoms with Gasteiger partial charge in [0.2, 0.25) is 0 Å². The van der Waals surface area contributed by atoms with Crippen LogP contribution in [0, 0.1) is 0 Å². The van der Waals surface area contributed by atoms with Crippen molar-refractivity contribution >= 4 is 88.5 Å². The lowest BCUT2D eigenvalue weighted by Gasteiger charge is -2.51. The molecule has 0 bridgehead atoms. The fourth-order valence-electron chi connectivity index (χ4n) is 12.0. The highest BCUT2D eigenvalue weighted by atomic mass is 32.1. The van der Waals surface area contributed by atoms with Crippen molar-refractivity contribution in [3.63, 3.8) is 0 Å². The van der Waals surface area contributed by atoms with E-state index in [9.17, 15) is 0 Å². The minimum atomic E-state index is -0.495. The van der Waals surface area contributed by atoms with E-state index in [1.54, 1.807) is 0 Å². The predicted molar refractivity (Wildman–Crippen MR) is 260 cm³/mol. The minimum Gasteiger partial charge on any atom is -0.376 e. The van der Waals surface area contributed by atoms with Gasteiger partial charge >= 0.3 is 6.85 Å². The first-order valence-electron chi connectivity index (χ1n) is 21.6. The average Bonchev–Trinajstić information content (AvgIpc) is 3.82. The van der Waals surface area contributed by atoms with Crippen LogP contribution in [-0.4, -0.2) is 6.85 Å². The molecule has 0 N–H and O–H groups in total. The van der Waals surface area contributed by atoms with Gasteiger partial charge in [-0.2, -0.15) is 0 Å². The molecular formula is C57H39BN2S. The molecule has 14 rings (SSSR count). The summed E-state index contributed by atoms with van der Waals surface area (Å²) in [5.41, 5.74) is 20.6. The van der Waals surface area contributed by atoms with E-state index in [1.165, 1.54) is 120 Å². The van der Waals surface area contributed by atoms with Gasteiger partial charge in [-0.3, -0.25) is 0 Å². The molecule has 4 aliphatic rings. The monoisotopic (exact) mass is 794 g/mol. The second kappa shape index (κ2) is 11.7.